The van der Waals surface area contributed by atoms with E-state index in [9.17, 15) is 8.42 Å². The Bertz CT molecular complexity index is 641. The van der Waals surface area contributed by atoms with Gasteiger partial charge >= 0.3 is 0 Å². The molecule has 22 heavy (non-hydrogen) atoms. The zero-order chi connectivity index (χ0) is 15.3. The summed E-state index contributed by atoms with van der Waals surface area (Å²) >= 11 is 0. The van der Waals surface area contributed by atoms with E-state index in [1.54, 1.807) is 22.1 Å². The largest absolute Gasteiger partial charge is 0.378 e. The lowest BCUT2D eigenvalue weighted by Crippen LogP contribution is -2.65. The first-order valence-electron chi connectivity index (χ1n) is 7.85. The Kier molecular flexibility index (Phi) is 3.52. The monoisotopic (exact) mass is 326 g/mol. The molecule has 2 bridgehead atoms. The van der Waals surface area contributed by atoms with Gasteiger partial charge in [-0.15, -0.1) is 0 Å². The standard InChI is InChI=1S/C14H22N4O3S/c1-16-7-14(15-10-16)22(19,20)17-5-12-8-21-9-13(6-17)18(12)4-11-2-3-11/h7,10-13H,2-6,8-9H2,1H3/t12-,13+. The van der Waals surface area contributed by atoms with E-state index < -0.39 is 10.0 Å². The van der Waals surface area contributed by atoms with Crippen molar-refractivity contribution in [3.05, 3.63) is 12.5 Å². The van der Waals surface area contributed by atoms with Crippen molar-refractivity contribution >= 4 is 10.0 Å². The molecule has 0 spiro atoms. The number of nitrogens with zero attached hydrogens (tertiary/aromatic N) is 4. The van der Waals surface area contributed by atoms with E-state index >= 15 is 0 Å². The van der Waals surface area contributed by atoms with Crippen LogP contribution >= 0.6 is 0 Å². The van der Waals surface area contributed by atoms with Crippen molar-refractivity contribution in [2.75, 3.05) is 32.8 Å². The van der Waals surface area contributed by atoms with Crippen LogP contribution in [0.5, 0.6) is 0 Å². The highest BCUT2D eigenvalue weighted by Gasteiger charge is 2.44. The van der Waals surface area contributed by atoms with Gasteiger partial charge in [0.1, 0.15) is 0 Å². The average molecular weight is 326 g/mol. The quantitative estimate of drug-likeness (QED) is 0.773. The van der Waals surface area contributed by atoms with Gasteiger partial charge in [0.25, 0.3) is 10.0 Å². The summed E-state index contributed by atoms with van der Waals surface area (Å²) in [6.45, 7) is 3.34. The Hall–Kier alpha value is -0.960. The van der Waals surface area contributed by atoms with Crippen LogP contribution in [0.2, 0.25) is 0 Å². The van der Waals surface area contributed by atoms with Crippen molar-refractivity contribution in [1.82, 2.24) is 18.8 Å². The fourth-order valence-electron chi connectivity index (χ4n) is 3.44. The highest BCUT2D eigenvalue weighted by molar-refractivity contribution is 7.89. The van der Waals surface area contributed by atoms with Crippen LogP contribution in [0.1, 0.15) is 12.8 Å². The average Bonchev–Trinajstić information content (AvgIpc) is 3.16. The second-order valence-corrected chi connectivity index (χ2v) is 8.57. The third-order valence-corrected chi connectivity index (χ3v) is 6.56. The maximum absolute atomic E-state index is 12.8. The van der Waals surface area contributed by atoms with Gasteiger partial charge in [-0.1, -0.05) is 0 Å². The number of aryl methyl sites for hydroxylation is 1. The van der Waals surface area contributed by atoms with Crippen LogP contribution < -0.4 is 0 Å². The van der Waals surface area contributed by atoms with Crippen LogP contribution in [0.3, 0.4) is 0 Å². The van der Waals surface area contributed by atoms with Gasteiger partial charge in [0.15, 0.2) is 5.03 Å². The van der Waals surface area contributed by atoms with Crippen LogP contribution in [0.15, 0.2) is 17.6 Å². The SMILES string of the molecule is Cn1cnc(S(=O)(=O)N2C[C@H]3COC[C@@H](C2)N3CC2CC2)c1. The third kappa shape index (κ3) is 2.58. The fraction of sp³-hybridized carbons (Fsp3) is 0.786. The highest BCUT2D eigenvalue weighted by Crippen LogP contribution is 2.34. The van der Waals surface area contributed by atoms with Crippen molar-refractivity contribution in [2.24, 2.45) is 13.0 Å². The molecule has 2 atom stereocenters. The van der Waals surface area contributed by atoms with Gasteiger partial charge in [-0.25, -0.2) is 13.4 Å². The minimum atomic E-state index is -3.50. The number of hydrogen-bond donors (Lipinski definition) is 0. The second kappa shape index (κ2) is 5.30. The van der Waals surface area contributed by atoms with E-state index in [1.807, 2.05) is 0 Å². The number of imidazole rings is 1. The molecule has 4 rings (SSSR count). The number of hydrogen-bond acceptors (Lipinski definition) is 5. The number of aromatic nitrogens is 2. The van der Waals surface area contributed by atoms with Gasteiger partial charge in [-0.2, -0.15) is 4.31 Å². The summed E-state index contributed by atoms with van der Waals surface area (Å²) in [5.74, 6) is 0.807. The third-order valence-electron chi connectivity index (χ3n) is 4.84. The zero-order valence-corrected chi connectivity index (χ0v) is 13.6. The van der Waals surface area contributed by atoms with Gasteiger partial charge in [-0.3, -0.25) is 4.90 Å². The molecule has 1 aromatic heterocycles. The van der Waals surface area contributed by atoms with Crippen LogP contribution in [0.25, 0.3) is 0 Å². The lowest BCUT2D eigenvalue weighted by Gasteiger charge is -2.49. The van der Waals surface area contributed by atoms with E-state index in [0.29, 0.717) is 26.3 Å². The molecule has 2 saturated heterocycles. The number of ether oxygens (including phenoxy) is 1. The summed E-state index contributed by atoms with van der Waals surface area (Å²) in [5, 5.41) is 0.143. The molecule has 0 aromatic carbocycles. The van der Waals surface area contributed by atoms with Crippen LogP contribution in [0.4, 0.5) is 0 Å². The van der Waals surface area contributed by atoms with Crippen LogP contribution in [-0.4, -0.2) is 72.1 Å². The van der Waals surface area contributed by atoms with Gasteiger partial charge < -0.3 is 9.30 Å². The Morgan fingerprint density at radius 2 is 1.95 bits per heavy atom. The summed E-state index contributed by atoms with van der Waals surface area (Å²) in [7, 11) is -1.72. The molecule has 8 heteroatoms. The second-order valence-electron chi connectivity index (χ2n) is 6.68. The molecule has 1 saturated carbocycles. The molecule has 0 radical (unpaired) electrons. The molecule has 3 aliphatic rings. The Balaban J connectivity index is 1.55. The normalized spacial score (nSPS) is 30.6. The van der Waals surface area contributed by atoms with Crippen molar-refractivity contribution in [2.45, 2.75) is 30.0 Å². The number of fused-ring (bicyclic) bond motifs is 2. The van der Waals surface area contributed by atoms with Gasteiger partial charge in [-0.05, 0) is 18.8 Å². The number of rotatable bonds is 4. The molecule has 7 nitrogen and oxygen atoms in total. The van der Waals surface area contributed by atoms with E-state index in [-0.39, 0.29) is 17.1 Å². The van der Waals surface area contributed by atoms with Crippen molar-refractivity contribution in [3.63, 3.8) is 0 Å². The fourth-order valence-corrected chi connectivity index (χ4v) is 4.92. The Morgan fingerprint density at radius 3 is 2.50 bits per heavy atom. The lowest BCUT2D eigenvalue weighted by atomic mass is 10.1. The van der Waals surface area contributed by atoms with Gasteiger partial charge in [0.2, 0.25) is 0 Å². The zero-order valence-electron chi connectivity index (χ0n) is 12.8. The predicted octanol–water partition coefficient (Wildman–Crippen LogP) is -0.0962. The number of morpholine rings is 1. The smallest absolute Gasteiger partial charge is 0.262 e. The maximum atomic E-state index is 12.8. The molecule has 1 aromatic rings. The minimum Gasteiger partial charge on any atom is -0.378 e. The molecule has 122 valence electrons. The predicted molar refractivity (Wildman–Crippen MR) is 79.8 cm³/mol. The Labute approximate surface area is 130 Å². The molecule has 3 fully saturated rings. The van der Waals surface area contributed by atoms with Crippen molar-refractivity contribution in [3.8, 4) is 0 Å². The number of piperazine rings is 1. The molecular weight excluding hydrogens is 304 g/mol. The maximum Gasteiger partial charge on any atom is 0.262 e. The highest BCUT2D eigenvalue weighted by atomic mass is 32.2. The van der Waals surface area contributed by atoms with E-state index in [1.165, 1.54) is 19.2 Å². The summed E-state index contributed by atoms with van der Waals surface area (Å²) in [4.78, 5) is 6.50. The first-order valence-corrected chi connectivity index (χ1v) is 9.29. The lowest BCUT2D eigenvalue weighted by molar-refractivity contribution is -0.0833. The van der Waals surface area contributed by atoms with E-state index in [2.05, 4.69) is 9.88 Å². The molecule has 0 amide bonds. The molecular formula is C14H22N4O3S. The summed E-state index contributed by atoms with van der Waals surface area (Å²) in [6.07, 6.45) is 5.72. The van der Waals surface area contributed by atoms with E-state index in [0.717, 1.165) is 12.5 Å². The summed E-state index contributed by atoms with van der Waals surface area (Å²) in [5.41, 5.74) is 0. The molecule has 0 unspecified atom stereocenters. The first-order chi connectivity index (χ1) is 10.5. The molecule has 3 heterocycles. The van der Waals surface area contributed by atoms with E-state index in [4.69, 9.17) is 4.74 Å². The topological polar surface area (TPSA) is 67.7 Å². The molecule has 1 aliphatic carbocycles. The number of sulfonamides is 1. The van der Waals surface area contributed by atoms with Gasteiger partial charge in [0.05, 0.1) is 19.5 Å². The summed E-state index contributed by atoms with van der Waals surface area (Å²) < 4.78 is 34.4. The van der Waals surface area contributed by atoms with Gasteiger partial charge in [0, 0.05) is 45.0 Å². The molecule has 0 N–H and O–H groups in total. The van der Waals surface area contributed by atoms with Crippen LogP contribution in [-0.2, 0) is 21.8 Å². The Morgan fingerprint density at radius 1 is 1.27 bits per heavy atom. The van der Waals surface area contributed by atoms with Crippen molar-refractivity contribution in [1.29, 1.82) is 0 Å². The summed E-state index contributed by atoms with van der Waals surface area (Å²) in [6, 6.07) is 0.346. The first kappa shape index (κ1) is 14.6. The minimum absolute atomic E-state index is 0.143. The van der Waals surface area contributed by atoms with Crippen LogP contribution in [0, 0.1) is 5.92 Å². The molecule has 2 aliphatic heterocycles. The van der Waals surface area contributed by atoms with Crippen molar-refractivity contribution < 1.29 is 13.2 Å².